The van der Waals surface area contributed by atoms with Gasteiger partial charge in [-0.15, -0.1) is 0 Å². The lowest BCUT2D eigenvalue weighted by atomic mass is 9.88. The number of rotatable bonds is 4. The number of carbonyl (C=O) groups is 1. The summed E-state index contributed by atoms with van der Waals surface area (Å²) in [5, 5.41) is 0.223. The highest BCUT2D eigenvalue weighted by Gasteiger charge is 2.88. The van der Waals surface area contributed by atoms with E-state index in [1.807, 2.05) is 0 Å². The molecule has 1 aromatic carbocycles. The highest BCUT2D eigenvalue weighted by molar-refractivity contribution is 6.56. The molecule has 0 radical (unpaired) electrons. The van der Waals surface area contributed by atoms with Crippen LogP contribution in [0.15, 0.2) is 22.7 Å². The second-order valence-corrected chi connectivity index (χ2v) is 7.93. The third-order valence-corrected chi connectivity index (χ3v) is 5.83. The van der Waals surface area contributed by atoms with Gasteiger partial charge in [-0.2, -0.15) is 0 Å². The maximum atomic E-state index is 15.6. The average Bonchev–Trinajstić information content (AvgIpc) is 2.85. The number of hydrogen-bond donors (Lipinski definition) is 0. The molecule has 0 aromatic heterocycles. The molecule has 1 saturated carbocycles. The quantitative estimate of drug-likeness (QED) is 0.689. The van der Waals surface area contributed by atoms with Crippen LogP contribution in [0.2, 0.25) is 5.02 Å². The maximum absolute atomic E-state index is 15.6. The minimum atomic E-state index is -2.32. The van der Waals surface area contributed by atoms with Crippen LogP contribution in [-0.4, -0.2) is 18.4 Å². The second kappa shape index (κ2) is 5.89. The van der Waals surface area contributed by atoms with Crippen molar-refractivity contribution >= 4 is 40.8 Å². The van der Waals surface area contributed by atoms with Gasteiger partial charge in [0.1, 0.15) is 9.91 Å². The normalized spacial score (nSPS) is 28.4. The number of alkyl halides is 1. The minimum absolute atomic E-state index is 0.0237. The van der Waals surface area contributed by atoms with E-state index in [1.165, 1.54) is 26.0 Å². The summed E-state index contributed by atoms with van der Waals surface area (Å²) in [4.78, 5) is 15.6. The molecule has 1 aliphatic heterocycles. The van der Waals surface area contributed by atoms with Gasteiger partial charge in [0.2, 0.25) is 6.79 Å². The molecular formula is C16H13Cl3F2O4. The third kappa shape index (κ3) is 2.41. The molecule has 25 heavy (non-hydrogen) atoms. The van der Waals surface area contributed by atoms with Crippen LogP contribution in [0.25, 0.3) is 0 Å². The van der Waals surface area contributed by atoms with Crippen LogP contribution in [0.1, 0.15) is 19.4 Å². The summed E-state index contributed by atoms with van der Waals surface area (Å²) in [5.41, 5.74) is -5.16. The zero-order valence-corrected chi connectivity index (χ0v) is 15.4. The lowest BCUT2D eigenvalue weighted by Crippen LogP contribution is -2.28. The molecule has 0 saturated heterocycles. The molecule has 1 aromatic rings. The van der Waals surface area contributed by atoms with Crippen molar-refractivity contribution in [2.24, 2.45) is 10.8 Å². The number of hydrogen-bond acceptors (Lipinski definition) is 4. The minimum Gasteiger partial charge on any atom is -0.454 e. The maximum Gasteiger partial charge on any atom is 0.359 e. The Morgan fingerprint density at radius 1 is 1.32 bits per heavy atom. The number of benzene rings is 1. The largest absolute Gasteiger partial charge is 0.454 e. The molecule has 1 heterocycles. The summed E-state index contributed by atoms with van der Waals surface area (Å²) < 4.78 is 38.5. The number of fused-ring (bicyclic) bond motifs is 1. The molecule has 0 bridgehead atoms. The molecule has 136 valence electrons. The Morgan fingerprint density at radius 3 is 2.48 bits per heavy atom. The van der Waals surface area contributed by atoms with Gasteiger partial charge in [-0.25, -0.2) is 9.18 Å². The lowest BCUT2D eigenvalue weighted by Gasteiger charge is -2.17. The van der Waals surface area contributed by atoms with Crippen molar-refractivity contribution in [3.8, 4) is 11.5 Å². The first-order valence-corrected chi connectivity index (χ1v) is 8.38. The Bertz CT molecular complexity index is 779. The van der Waals surface area contributed by atoms with E-state index in [1.54, 1.807) is 0 Å². The Labute approximate surface area is 157 Å². The van der Waals surface area contributed by atoms with E-state index < -0.39 is 22.5 Å². The zero-order valence-electron chi connectivity index (χ0n) is 13.2. The molecule has 0 N–H and O–H groups in total. The number of halogens is 5. The first-order valence-electron chi connectivity index (χ1n) is 7.24. The van der Waals surface area contributed by atoms with Crippen LogP contribution in [0.3, 0.4) is 0 Å². The molecular weight excluding hydrogens is 401 g/mol. The van der Waals surface area contributed by atoms with Crippen molar-refractivity contribution in [1.29, 1.82) is 0 Å². The van der Waals surface area contributed by atoms with Gasteiger partial charge < -0.3 is 9.47 Å². The monoisotopic (exact) mass is 412 g/mol. The molecule has 1 fully saturated rings. The Balaban J connectivity index is 2.08. The molecule has 9 heteroatoms. The lowest BCUT2D eigenvalue weighted by molar-refractivity contribution is -0.193. The van der Waals surface area contributed by atoms with Crippen molar-refractivity contribution in [1.82, 2.24) is 0 Å². The predicted molar refractivity (Wildman–Crippen MR) is 88.3 cm³/mol. The molecule has 0 spiro atoms. The fraction of sp³-hybridized carbons (Fsp3) is 0.438. The highest BCUT2D eigenvalue weighted by atomic mass is 35.5. The number of ether oxygens (including phenoxy) is 2. The molecule has 0 amide bonds. The van der Waals surface area contributed by atoms with E-state index in [-0.39, 0.29) is 22.7 Å². The van der Waals surface area contributed by atoms with Crippen LogP contribution in [-0.2, 0) is 16.2 Å². The topological polar surface area (TPSA) is 44.8 Å². The molecule has 2 aliphatic rings. The smallest absolute Gasteiger partial charge is 0.359 e. The first-order chi connectivity index (χ1) is 11.6. The van der Waals surface area contributed by atoms with Crippen LogP contribution >= 0.6 is 34.8 Å². The van der Waals surface area contributed by atoms with Gasteiger partial charge in [-0.05, 0) is 24.1 Å². The zero-order chi connectivity index (χ0) is 18.6. The van der Waals surface area contributed by atoms with E-state index in [9.17, 15) is 9.32 Å². The molecule has 1 aliphatic carbocycles. The molecule has 2 atom stereocenters. The van der Waals surface area contributed by atoms with E-state index in [2.05, 4.69) is 4.94 Å². The average molecular weight is 414 g/mol. The predicted octanol–water partition coefficient (Wildman–Crippen LogP) is 5.09. The van der Waals surface area contributed by atoms with Crippen LogP contribution in [0, 0.1) is 10.8 Å². The second-order valence-electron chi connectivity index (χ2n) is 6.51. The Morgan fingerprint density at radius 2 is 1.92 bits per heavy atom. The fourth-order valence-electron chi connectivity index (χ4n) is 3.67. The summed E-state index contributed by atoms with van der Waals surface area (Å²) in [6.07, 6.45) is 0.639. The molecule has 4 nitrogen and oxygen atoms in total. The fourth-order valence-corrected chi connectivity index (χ4v) is 4.19. The van der Waals surface area contributed by atoms with Crippen LogP contribution < -0.4 is 9.47 Å². The van der Waals surface area contributed by atoms with E-state index in [4.69, 9.17) is 44.3 Å². The van der Waals surface area contributed by atoms with Gasteiger partial charge in [0.25, 0.3) is 0 Å². The number of allylic oxidation sites excluding steroid dienone is 1. The van der Waals surface area contributed by atoms with Crippen molar-refractivity contribution in [2.45, 2.75) is 25.9 Å². The standard InChI is InChI=1S/C16H13Cl3F2O4/c1-14(2)15(13(22)25-21,16(14,20)6-12(18)19)5-8-3-10-11(4-9(8)17)24-7-23-10/h3-4,6H,5,7H2,1-2H3. The number of carbonyl (C=O) groups excluding carboxylic acids is 1. The van der Waals surface area contributed by atoms with Crippen LogP contribution in [0.4, 0.5) is 8.92 Å². The third-order valence-electron chi connectivity index (χ3n) is 5.26. The van der Waals surface area contributed by atoms with Crippen molar-refractivity contribution in [3.05, 3.63) is 33.3 Å². The van der Waals surface area contributed by atoms with Crippen molar-refractivity contribution < 1.29 is 28.1 Å². The van der Waals surface area contributed by atoms with Crippen molar-refractivity contribution in [3.63, 3.8) is 0 Å². The van der Waals surface area contributed by atoms with Gasteiger partial charge in [-0.1, -0.05) is 48.7 Å². The summed E-state index contributed by atoms with van der Waals surface area (Å²) in [7, 11) is 0. The van der Waals surface area contributed by atoms with Gasteiger partial charge in [0.15, 0.2) is 17.2 Å². The summed E-state index contributed by atoms with van der Waals surface area (Å²) in [6, 6.07) is 3.02. The van der Waals surface area contributed by atoms with E-state index in [0.717, 1.165) is 6.08 Å². The summed E-state index contributed by atoms with van der Waals surface area (Å²) >= 11 is 17.4. The van der Waals surface area contributed by atoms with Gasteiger partial charge in [-0.3, -0.25) is 4.94 Å². The first kappa shape index (κ1) is 18.5. The van der Waals surface area contributed by atoms with Gasteiger partial charge in [0, 0.05) is 21.0 Å². The Kier molecular flexibility index (Phi) is 4.37. The van der Waals surface area contributed by atoms with Gasteiger partial charge >= 0.3 is 5.97 Å². The highest BCUT2D eigenvalue weighted by Crippen LogP contribution is 2.77. The van der Waals surface area contributed by atoms with E-state index in [0.29, 0.717) is 17.1 Å². The Hall–Kier alpha value is -1.24. The van der Waals surface area contributed by atoms with Gasteiger partial charge in [0.05, 0.1) is 0 Å². The van der Waals surface area contributed by atoms with Crippen LogP contribution in [0.5, 0.6) is 11.5 Å². The van der Waals surface area contributed by atoms with Crippen molar-refractivity contribution in [2.75, 3.05) is 6.79 Å². The van der Waals surface area contributed by atoms with E-state index >= 15 is 4.39 Å². The summed E-state index contributed by atoms with van der Waals surface area (Å²) in [5.74, 6) is -0.530. The molecule has 2 unspecified atom stereocenters. The summed E-state index contributed by atoms with van der Waals surface area (Å²) in [6.45, 7) is 2.94. The molecule has 3 rings (SSSR count). The SMILES string of the molecule is CC1(C)C(F)(C=C(Cl)Cl)C1(Cc1cc2c(cc1Cl)OCO2)C(=O)OF.